The highest BCUT2D eigenvalue weighted by molar-refractivity contribution is 5.95. The van der Waals surface area contributed by atoms with Crippen LogP contribution in [0.4, 0.5) is 0 Å². The molecule has 4 aliphatic carbocycles. The SMILES string of the molecule is CC(=O)O[C@@H]1C[C@]2(C)C(C(C)=O)=CC[C@H]2[C@@H]2C[C@H]3O[C@]34CC(=O)CC[C@]4(C)[C@H]21. The normalized spacial score (nSPS) is 51.2. The van der Waals surface area contributed by atoms with Crippen molar-refractivity contribution in [1.82, 2.24) is 0 Å². The number of Topliss-reactive ketones (excluding diaryl/α,β-unsaturated/α-hetero) is 2. The van der Waals surface area contributed by atoms with Crippen LogP contribution in [0.2, 0.25) is 0 Å². The zero-order chi connectivity index (χ0) is 20.1. The number of allylic oxidation sites excluding steroid dienone is 2. The van der Waals surface area contributed by atoms with E-state index in [1.807, 2.05) is 0 Å². The number of hydrogen-bond donors (Lipinski definition) is 0. The van der Waals surface area contributed by atoms with Gasteiger partial charge in [0, 0.05) is 36.5 Å². The van der Waals surface area contributed by atoms with Crippen molar-refractivity contribution in [2.24, 2.45) is 28.6 Å². The summed E-state index contributed by atoms with van der Waals surface area (Å²) in [5, 5.41) is 0. The summed E-state index contributed by atoms with van der Waals surface area (Å²) in [6, 6.07) is 0. The lowest BCUT2D eigenvalue weighted by Gasteiger charge is -2.60. The van der Waals surface area contributed by atoms with Gasteiger partial charge in [-0.05, 0) is 50.0 Å². The molecule has 1 spiro atoms. The van der Waals surface area contributed by atoms with Gasteiger partial charge < -0.3 is 9.47 Å². The van der Waals surface area contributed by atoms with Gasteiger partial charge in [-0.25, -0.2) is 0 Å². The van der Waals surface area contributed by atoms with Crippen molar-refractivity contribution in [3.05, 3.63) is 11.6 Å². The Hall–Kier alpha value is -1.49. The molecule has 0 aromatic rings. The Labute approximate surface area is 166 Å². The van der Waals surface area contributed by atoms with Gasteiger partial charge in [-0.3, -0.25) is 14.4 Å². The molecule has 28 heavy (non-hydrogen) atoms. The molecule has 0 aromatic heterocycles. The molecule has 8 atom stereocenters. The molecule has 0 N–H and O–H groups in total. The van der Waals surface area contributed by atoms with Gasteiger partial charge >= 0.3 is 5.97 Å². The van der Waals surface area contributed by atoms with Crippen molar-refractivity contribution in [2.45, 2.75) is 84.0 Å². The first-order valence-electron chi connectivity index (χ1n) is 10.7. The molecule has 0 aromatic carbocycles. The first-order valence-corrected chi connectivity index (χ1v) is 10.7. The van der Waals surface area contributed by atoms with Crippen molar-refractivity contribution in [3.63, 3.8) is 0 Å². The molecule has 0 amide bonds. The van der Waals surface area contributed by atoms with Gasteiger partial charge in [0.15, 0.2) is 5.78 Å². The Bertz CT molecular complexity index is 814. The molecule has 1 heterocycles. The zero-order valence-corrected chi connectivity index (χ0v) is 17.2. The molecule has 5 rings (SSSR count). The Morgan fingerprint density at radius 1 is 1.25 bits per heavy atom. The maximum Gasteiger partial charge on any atom is 0.302 e. The highest BCUT2D eigenvalue weighted by Crippen LogP contribution is 2.73. The van der Waals surface area contributed by atoms with Crippen LogP contribution in [-0.4, -0.2) is 35.3 Å². The first-order chi connectivity index (χ1) is 13.1. The van der Waals surface area contributed by atoms with Crippen LogP contribution >= 0.6 is 0 Å². The van der Waals surface area contributed by atoms with E-state index in [2.05, 4.69) is 19.9 Å². The summed E-state index contributed by atoms with van der Waals surface area (Å²) in [6.07, 6.45) is 6.42. The van der Waals surface area contributed by atoms with Crippen molar-refractivity contribution < 1.29 is 23.9 Å². The van der Waals surface area contributed by atoms with Crippen molar-refractivity contribution in [1.29, 1.82) is 0 Å². The fourth-order valence-electron chi connectivity index (χ4n) is 7.99. The molecule has 0 unspecified atom stereocenters. The molecular weight excluding hydrogens is 356 g/mol. The summed E-state index contributed by atoms with van der Waals surface area (Å²) in [7, 11) is 0. The van der Waals surface area contributed by atoms with E-state index in [9.17, 15) is 14.4 Å². The molecule has 5 aliphatic rings. The monoisotopic (exact) mass is 386 g/mol. The van der Waals surface area contributed by atoms with E-state index in [1.165, 1.54) is 6.92 Å². The van der Waals surface area contributed by atoms with E-state index in [4.69, 9.17) is 9.47 Å². The van der Waals surface area contributed by atoms with Crippen LogP contribution in [0.1, 0.15) is 66.2 Å². The lowest BCUT2D eigenvalue weighted by atomic mass is 9.43. The number of ether oxygens (including phenoxy) is 2. The van der Waals surface area contributed by atoms with Gasteiger partial charge in [0.1, 0.15) is 17.5 Å². The molecular formula is C23H30O5. The van der Waals surface area contributed by atoms with Gasteiger partial charge in [0.2, 0.25) is 0 Å². The number of ketones is 2. The second-order valence-corrected chi connectivity index (χ2v) is 10.3. The molecule has 0 bridgehead atoms. The summed E-state index contributed by atoms with van der Waals surface area (Å²) in [6.45, 7) is 7.58. The molecule has 5 heteroatoms. The van der Waals surface area contributed by atoms with E-state index in [1.54, 1.807) is 6.92 Å². The molecule has 3 saturated carbocycles. The largest absolute Gasteiger partial charge is 0.462 e. The Morgan fingerprint density at radius 3 is 2.68 bits per heavy atom. The van der Waals surface area contributed by atoms with Crippen LogP contribution in [-0.2, 0) is 23.9 Å². The third kappa shape index (κ3) is 2.14. The Morgan fingerprint density at radius 2 is 2.00 bits per heavy atom. The first kappa shape index (κ1) is 18.5. The predicted octanol–water partition coefficient (Wildman–Crippen LogP) is 3.40. The third-order valence-electron chi connectivity index (χ3n) is 9.10. The smallest absolute Gasteiger partial charge is 0.302 e. The molecule has 5 nitrogen and oxygen atoms in total. The topological polar surface area (TPSA) is 73.0 Å². The van der Waals surface area contributed by atoms with E-state index in [0.717, 1.165) is 24.8 Å². The Balaban J connectivity index is 1.59. The second-order valence-electron chi connectivity index (χ2n) is 10.3. The van der Waals surface area contributed by atoms with E-state index >= 15 is 0 Å². The lowest BCUT2D eigenvalue weighted by Crippen LogP contribution is -2.63. The van der Waals surface area contributed by atoms with Gasteiger partial charge in [-0.1, -0.05) is 19.9 Å². The quantitative estimate of drug-likeness (QED) is 0.537. The number of epoxide rings is 1. The maximum absolute atomic E-state index is 12.4. The lowest BCUT2D eigenvalue weighted by molar-refractivity contribution is -0.183. The van der Waals surface area contributed by atoms with Gasteiger partial charge in [0.25, 0.3) is 0 Å². The molecule has 4 fully saturated rings. The molecule has 152 valence electrons. The van der Waals surface area contributed by atoms with Crippen LogP contribution in [0.15, 0.2) is 11.6 Å². The average molecular weight is 386 g/mol. The summed E-state index contributed by atoms with van der Waals surface area (Å²) >= 11 is 0. The fourth-order valence-corrected chi connectivity index (χ4v) is 7.99. The number of hydrogen-bond acceptors (Lipinski definition) is 5. The highest BCUT2D eigenvalue weighted by atomic mass is 16.6. The maximum atomic E-state index is 12.4. The molecule has 0 radical (unpaired) electrons. The number of rotatable bonds is 2. The minimum Gasteiger partial charge on any atom is -0.462 e. The minimum absolute atomic E-state index is 0.129. The van der Waals surface area contributed by atoms with Crippen molar-refractivity contribution in [2.75, 3.05) is 0 Å². The summed E-state index contributed by atoms with van der Waals surface area (Å²) in [5.41, 5.74) is 0.147. The van der Waals surface area contributed by atoms with Gasteiger partial charge in [0.05, 0.1) is 6.10 Å². The number of carbonyl (C=O) groups excluding carboxylic acids is 3. The predicted molar refractivity (Wildman–Crippen MR) is 101 cm³/mol. The van der Waals surface area contributed by atoms with Crippen LogP contribution in [0.25, 0.3) is 0 Å². The number of carbonyl (C=O) groups is 3. The molecule has 1 saturated heterocycles. The summed E-state index contributed by atoms with van der Waals surface area (Å²) in [5.74, 6) is 1.06. The van der Waals surface area contributed by atoms with Gasteiger partial charge in [-0.15, -0.1) is 0 Å². The molecule has 1 aliphatic heterocycles. The van der Waals surface area contributed by atoms with Crippen molar-refractivity contribution >= 4 is 17.5 Å². The Kier molecular flexibility index (Phi) is 3.68. The van der Waals surface area contributed by atoms with E-state index in [-0.39, 0.29) is 46.3 Å². The summed E-state index contributed by atoms with van der Waals surface area (Å²) in [4.78, 5) is 36.6. The average Bonchev–Trinajstić information content (AvgIpc) is 3.16. The van der Waals surface area contributed by atoms with Crippen LogP contribution in [0.3, 0.4) is 0 Å². The highest BCUT2D eigenvalue weighted by Gasteiger charge is 2.77. The second kappa shape index (κ2) is 5.56. The van der Waals surface area contributed by atoms with Crippen LogP contribution in [0.5, 0.6) is 0 Å². The number of fused-ring (bicyclic) bond motifs is 4. The van der Waals surface area contributed by atoms with Crippen LogP contribution in [0, 0.1) is 28.6 Å². The number of esters is 1. The van der Waals surface area contributed by atoms with Gasteiger partial charge in [-0.2, -0.15) is 0 Å². The van der Waals surface area contributed by atoms with Crippen LogP contribution < -0.4 is 0 Å². The third-order valence-corrected chi connectivity index (χ3v) is 9.10. The van der Waals surface area contributed by atoms with Crippen molar-refractivity contribution in [3.8, 4) is 0 Å². The van der Waals surface area contributed by atoms with E-state index in [0.29, 0.717) is 36.9 Å². The minimum atomic E-state index is -0.356. The standard InChI is InChI=1S/C23H30O5/c1-12(24)16-5-6-17-15-9-19-23(28-19)10-14(26)7-8-22(23,4)20(15)18(27-13(2)25)11-21(16,17)3/h5,15,17-20H,6-11H2,1-4H3/t15-,17-,18+,19+,20+,21+,22+,23+/m0/s1. The van der Waals surface area contributed by atoms with E-state index < -0.39 is 0 Å². The fraction of sp³-hybridized carbons (Fsp3) is 0.783. The zero-order valence-electron chi connectivity index (χ0n) is 17.2. The summed E-state index contributed by atoms with van der Waals surface area (Å²) < 4.78 is 12.2.